The Kier molecular flexibility index (Phi) is 8.92. The van der Waals surface area contributed by atoms with Gasteiger partial charge in [-0.2, -0.15) is 0 Å². The molecule has 0 bridgehead atoms. The van der Waals surface area contributed by atoms with E-state index in [-0.39, 0.29) is 35.7 Å². The number of carbonyl (C=O) groups excluding carboxylic acids is 3. The Morgan fingerprint density at radius 2 is 1.86 bits per heavy atom. The molecule has 1 N–H and O–H groups in total. The third kappa shape index (κ3) is 7.41. The van der Waals surface area contributed by atoms with Crippen LogP contribution in [0, 0.1) is 11.8 Å². The fourth-order valence-electron chi connectivity index (χ4n) is 3.87. The van der Waals surface area contributed by atoms with Crippen LogP contribution in [0.2, 0.25) is 0 Å². The standard InChI is InChI=1S/C21H39N3O4/c1-9-10-16(14(2)22-15(3)25)12-24-13-17(19(26)23(7)8)11-18(24)20(27)28-21(4,5)6/h14,16-18H,9-13H2,1-8H3,(H,22,25)/t14?,16?,17-,18-/m1/s1. The molecule has 2 amide bonds. The molecule has 1 aliphatic heterocycles. The zero-order valence-corrected chi connectivity index (χ0v) is 18.9. The van der Waals surface area contributed by atoms with Gasteiger partial charge in [-0.25, -0.2) is 0 Å². The van der Waals surface area contributed by atoms with Gasteiger partial charge in [0.25, 0.3) is 0 Å². The minimum absolute atomic E-state index is 0.000312. The van der Waals surface area contributed by atoms with E-state index in [2.05, 4.69) is 17.1 Å². The van der Waals surface area contributed by atoms with Crippen molar-refractivity contribution in [3.8, 4) is 0 Å². The third-order valence-electron chi connectivity index (χ3n) is 5.14. The zero-order chi connectivity index (χ0) is 21.6. The zero-order valence-electron chi connectivity index (χ0n) is 18.9. The number of likely N-dealkylation sites (tertiary alicyclic amines) is 1. The van der Waals surface area contributed by atoms with Gasteiger partial charge in [0.15, 0.2) is 0 Å². The molecule has 28 heavy (non-hydrogen) atoms. The van der Waals surface area contributed by atoms with E-state index in [0.717, 1.165) is 12.8 Å². The van der Waals surface area contributed by atoms with Crippen molar-refractivity contribution in [3.63, 3.8) is 0 Å². The summed E-state index contributed by atoms with van der Waals surface area (Å²) in [6.07, 6.45) is 2.39. The van der Waals surface area contributed by atoms with Crippen LogP contribution >= 0.6 is 0 Å². The molecule has 0 aromatic rings. The topological polar surface area (TPSA) is 79.0 Å². The fourth-order valence-corrected chi connectivity index (χ4v) is 3.87. The predicted molar refractivity (Wildman–Crippen MR) is 110 cm³/mol. The van der Waals surface area contributed by atoms with Gasteiger partial charge in [0, 0.05) is 40.2 Å². The Morgan fingerprint density at radius 1 is 1.25 bits per heavy atom. The van der Waals surface area contributed by atoms with Gasteiger partial charge in [-0.15, -0.1) is 0 Å². The SMILES string of the molecule is CCCC(CN1C[C@H](C(=O)N(C)C)C[C@@H]1C(=O)OC(C)(C)C)C(C)NC(C)=O. The highest BCUT2D eigenvalue weighted by Gasteiger charge is 2.43. The molecule has 0 aliphatic carbocycles. The van der Waals surface area contributed by atoms with E-state index in [1.807, 2.05) is 27.7 Å². The summed E-state index contributed by atoms with van der Waals surface area (Å²) in [7, 11) is 3.48. The fraction of sp³-hybridized carbons (Fsp3) is 0.857. The van der Waals surface area contributed by atoms with Gasteiger partial charge in [0.2, 0.25) is 11.8 Å². The Morgan fingerprint density at radius 3 is 2.32 bits per heavy atom. The van der Waals surface area contributed by atoms with Crippen LogP contribution in [0.5, 0.6) is 0 Å². The molecule has 7 nitrogen and oxygen atoms in total. The molecule has 4 atom stereocenters. The summed E-state index contributed by atoms with van der Waals surface area (Å²) in [5.74, 6) is -0.306. The lowest BCUT2D eigenvalue weighted by atomic mass is 9.95. The average molecular weight is 398 g/mol. The summed E-state index contributed by atoms with van der Waals surface area (Å²) >= 11 is 0. The molecule has 1 aliphatic rings. The highest BCUT2D eigenvalue weighted by molar-refractivity contribution is 5.82. The van der Waals surface area contributed by atoms with Crippen molar-refractivity contribution < 1.29 is 19.1 Å². The number of esters is 1. The second kappa shape index (κ2) is 10.2. The van der Waals surface area contributed by atoms with Crippen LogP contribution in [0.1, 0.15) is 60.8 Å². The van der Waals surface area contributed by atoms with Gasteiger partial charge < -0.3 is 15.0 Å². The second-order valence-corrected chi connectivity index (χ2v) is 9.21. The highest BCUT2D eigenvalue weighted by Crippen LogP contribution is 2.29. The second-order valence-electron chi connectivity index (χ2n) is 9.21. The molecular formula is C21H39N3O4. The van der Waals surface area contributed by atoms with Crippen molar-refractivity contribution in [3.05, 3.63) is 0 Å². The van der Waals surface area contributed by atoms with E-state index in [0.29, 0.717) is 19.5 Å². The Bertz CT molecular complexity index is 556. The summed E-state index contributed by atoms with van der Waals surface area (Å²) in [5, 5.41) is 2.98. The third-order valence-corrected chi connectivity index (χ3v) is 5.14. The lowest BCUT2D eigenvalue weighted by molar-refractivity contribution is -0.160. The number of hydrogen-bond acceptors (Lipinski definition) is 5. The van der Waals surface area contributed by atoms with Crippen molar-refractivity contribution in [1.82, 2.24) is 15.1 Å². The van der Waals surface area contributed by atoms with Crippen LogP contribution in [0.15, 0.2) is 0 Å². The smallest absolute Gasteiger partial charge is 0.323 e. The molecule has 162 valence electrons. The van der Waals surface area contributed by atoms with Crippen LogP contribution in [-0.4, -0.2) is 72.5 Å². The van der Waals surface area contributed by atoms with Gasteiger partial charge >= 0.3 is 5.97 Å². The van der Waals surface area contributed by atoms with Crippen LogP contribution in [0.4, 0.5) is 0 Å². The van der Waals surface area contributed by atoms with Crippen molar-refractivity contribution in [1.29, 1.82) is 0 Å². The monoisotopic (exact) mass is 397 g/mol. The van der Waals surface area contributed by atoms with Crippen LogP contribution in [0.25, 0.3) is 0 Å². The molecule has 1 saturated heterocycles. The Labute approximate surface area is 170 Å². The van der Waals surface area contributed by atoms with E-state index in [4.69, 9.17) is 4.74 Å². The quantitative estimate of drug-likeness (QED) is 0.634. The van der Waals surface area contributed by atoms with Crippen LogP contribution in [0.3, 0.4) is 0 Å². The minimum Gasteiger partial charge on any atom is -0.459 e. The van der Waals surface area contributed by atoms with E-state index >= 15 is 0 Å². The number of nitrogens with zero attached hydrogens (tertiary/aromatic N) is 2. The maximum Gasteiger partial charge on any atom is 0.323 e. The maximum atomic E-state index is 12.8. The highest BCUT2D eigenvalue weighted by atomic mass is 16.6. The van der Waals surface area contributed by atoms with E-state index in [1.54, 1.807) is 19.0 Å². The average Bonchev–Trinajstić information content (AvgIpc) is 2.95. The summed E-state index contributed by atoms with van der Waals surface area (Å²) < 4.78 is 5.63. The lowest BCUT2D eigenvalue weighted by Crippen LogP contribution is -2.47. The Hall–Kier alpha value is -1.63. The van der Waals surface area contributed by atoms with Gasteiger partial charge in [0.1, 0.15) is 11.6 Å². The molecule has 0 aromatic heterocycles. The Balaban J connectivity index is 3.01. The molecule has 1 heterocycles. The van der Waals surface area contributed by atoms with Gasteiger partial charge in [-0.3, -0.25) is 19.3 Å². The number of rotatable bonds is 8. The van der Waals surface area contributed by atoms with Gasteiger partial charge in [-0.05, 0) is 46.5 Å². The first kappa shape index (κ1) is 24.4. The van der Waals surface area contributed by atoms with Crippen molar-refractivity contribution in [2.24, 2.45) is 11.8 Å². The number of nitrogens with one attached hydrogen (secondary N) is 1. The molecular weight excluding hydrogens is 358 g/mol. The first-order valence-corrected chi connectivity index (χ1v) is 10.3. The van der Waals surface area contributed by atoms with Gasteiger partial charge in [-0.1, -0.05) is 13.3 Å². The van der Waals surface area contributed by atoms with Gasteiger partial charge in [0.05, 0.1) is 5.92 Å². The van der Waals surface area contributed by atoms with Crippen LogP contribution in [-0.2, 0) is 19.1 Å². The number of amides is 2. The molecule has 1 fully saturated rings. The first-order chi connectivity index (χ1) is 12.9. The first-order valence-electron chi connectivity index (χ1n) is 10.3. The molecule has 2 unspecified atom stereocenters. The van der Waals surface area contributed by atoms with E-state index in [1.165, 1.54) is 6.92 Å². The molecule has 0 radical (unpaired) electrons. The summed E-state index contributed by atoms with van der Waals surface area (Å²) in [4.78, 5) is 40.5. The summed E-state index contributed by atoms with van der Waals surface area (Å²) in [6.45, 7) is 12.4. The maximum absolute atomic E-state index is 12.8. The summed E-state index contributed by atoms with van der Waals surface area (Å²) in [6, 6.07) is -0.433. The molecule has 0 spiro atoms. The van der Waals surface area contributed by atoms with Crippen LogP contribution < -0.4 is 5.32 Å². The molecule has 0 saturated carbocycles. The van der Waals surface area contributed by atoms with E-state index in [9.17, 15) is 14.4 Å². The summed E-state index contributed by atoms with van der Waals surface area (Å²) in [5.41, 5.74) is -0.571. The predicted octanol–water partition coefficient (Wildman–Crippen LogP) is 2.05. The molecule has 0 aromatic carbocycles. The van der Waals surface area contributed by atoms with Crippen molar-refractivity contribution in [2.45, 2.75) is 78.5 Å². The molecule has 7 heteroatoms. The normalized spacial score (nSPS) is 22.4. The number of ether oxygens (including phenoxy) is 1. The van der Waals surface area contributed by atoms with E-state index < -0.39 is 11.6 Å². The molecule has 1 rings (SSSR count). The number of hydrogen-bond donors (Lipinski definition) is 1. The largest absolute Gasteiger partial charge is 0.459 e. The number of carbonyl (C=O) groups is 3. The van der Waals surface area contributed by atoms with Crippen molar-refractivity contribution in [2.75, 3.05) is 27.2 Å². The minimum atomic E-state index is -0.571. The van der Waals surface area contributed by atoms with Crippen molar-refractivity contribution >= 4 is 17.8 Å². The lowest BCUT2D eigenvalue weighted by Gasteiger charge is -2.32.